The number of carbonyl (C=O) groups is 1. The molecule has 0 aliphatic heterocycles. The minimum absolute atomic E-state index is 0.0146. The van der Waals surface area contributed by atoms with Crippen LogP contribution in [0.2, 0.25) is 0 Å². The summed E-state index contributed by atoms with van der Waals surface area (Å²) in [4.78, 5) is 16.7. The van der Waals surface area contributed by atoms with Gasteiger partial charge in [0.2, 0.25) is 5.82 Å². The molecule has 0 radical (unpaired) electrons. The molecule has 0 spiro atoms. The smallest absolute Gasteiger partial charge is 0.291 e. The van der Waals surface area contributed by atoms with Gasteiger partial charge in [-0.1, -0.05) is 28.1 Å². The first-order chi connectivity index (χ1) is 12.9. The Morgan fingerprint density at radius 2 is 1.85 bits per heavy atom. The predicted molar refractivity (Wildman–Crippen MR) is 105 cm³/mol. The summed E-state index contributed by atoms with van der Waals surface area (Å²) >= 11 is 3.42. The Morgan fingerprint density at radius 1 is 1.19 bits per heavy atom. The van der Waals surface area contributed by atoms with Gasteiger partial charge in [0.15, 0.2) is 0 Å². The van der Waals surface area contributed by atoms with Crippen LogP contribution in [0.4, 0.5) is 4.39 Å². The Balaban J connectivity index is 1.61. The van der Waals surface area contributed by atoms with E-state index >= 15 is 0 Å². The van der Waals surface area contributed by atoms with Crippen LogP contribution in [0.5, 0.6) is 0 Å². The standard InChI is InChI=1S/C20H20BrFN4O/c1-13(3-4-15-5-7-16(21)8-6-15)23-20(27)19-24-14(2)26(25-19)18-11-9-17(22)10-12-18/h5-13H,3-4H2,1-2H3,(H,23,27). The zero-order valence-electron chi connectivity index (χ0n) is 15.1. The average Bonchev–Trinajstić information content (AvgIpc) is 3.04. The number of hydrogen-bond acceptors (Lipinski definition) is 3. The van der Waals surface area contributed by atoms with Gasteiger partial charge in [-0.05, 0) is 68.7 Å². The maximum Gasteiger partial charge on any atom is 0.291 e. The van der Waals surface area contributed by atoms with Crippen LogP contribution in [-0.4, -0.2) is 26.7 Å². The molecule has 0 bridgehead atoms. The van der Waals surface area contributed by atoms with Crippen LogP contribution in [0.1, 0.15) is 35.4 Å². The lowest BCUT2D eigenvalue weighted by Gasteiger charge is -2.12. The number of nitrogens with one attached hydrogen (secondary N) is 1. The van der Waals surface area contributed by atoms with Gasteiger partial charge in [0.05, 0.1) is 5.69 Å². The Hall–Kier alpha value is -2.54. The van der Waals surface area contributed by atoms with E-state index in [1.807, 2.05) is 19.1 Å². The lowest BCUT2D eigenvalue weighted by molar-refractivity contribution is 0.0928. The first-order valence-corrected chi connectivity index (χ1v) is 9.46. The lowest BCUT2D eigenvalue weighted by Crippen LogP contribution is -2.33. The normalized spacial score (nSPS) is 12.0. The quantitative estimate of drug-likeness (QED) is 0.636. The molecule has 0 aliphatic carbocycles. The zero-order valence-corrected chi connectivity index (χ0v) is 16.7. The molecule has 0 saturated carbocycles. The summed E-state index contributed by atoms with van der Waals surface area (Å²) in [5.41, 5.74) is 1.87. The minimum Gasteiger partial charge on any atom is -0.347 e. The van der Waals surface area contributed by atoms with Gasteiger partial charge in [-0.25, -0.2) is 14.1 Å². The lowest BCUT2D eigenvalue weighted by atomic mass is 10.1. The van der Waals surface area contributed by atoms with Crippen molar-refractivity contribution in [1.82, 2.24) is 20.1 Å². The van der Waals surface area contributed by atoms with Crippen molar-refractivity contribution < 1.29 is 9.18 Å². The van der Waals surface area contributed by atoms with Crippen molar-refractivity contribution in [3.63, 3.8) is 0 Å². The third-order valence-corrected chi connectivity index (χ3v) is 4.73. The van der Waals surface area contributed by atoms with E-state index in [1.165, 1.54) is 22.4 Å². The van der Waals surface area contributed by atoms with E-state index < -0.39 is 0 Å². The number of carbonyl (C=O) groups excluding carboxylic acids is 1. The molecule has 5 nitrogen and oxygen atoms in total. The van der Waals surface area contributed by atoms with Crippen molar-refractivity contribution >= 4 is 21.8 Å². The van der Waals surface area contributed by atoms with Crippen molar-refractivity contribution in [3.8, 4) is 5.69 Å². The third kappa shape index (κ3) is 5.01. The van der Waals surface area contributed by atoms with Crippen molar-refractivity contribution in [2.75, 3.05) is 0 Å². The molecule has 3 aromatic rings. The number of aryl methyl sites for hydroxylation is 2. The van der Waals surface area contributed by atoms with E-state index in [2.05, 4.69) is 43.5 Å². The van der Waals surface area contributed by atoms with Gasteiger partial charge in [-0.3, -0.25) is 4.79 Å². The number of hydrogen-bond donors (Lipinski definition) is 1. The van der Waals surface area contributed by atoms with Crippen LogP contribution < -0.4 is 5.32 Å². The number of amides is 1. The summed E-state index contributed by atoms with van der Waals surface area (Å²) in [5, 5.41) is 7.19. The largest absolute Gasteiger partial charge is 0.347 e. The second-order valence-electron chi connectivity index (χ2n) is 6.41. The summed E-state index contributed by atoms with van der Waals surface area (Å²) in [6.45, 7) is 3.71. The van der Waals surface area contributed by atoms with Gasteiger partial charge < -0.3 is 5.32 Å². The van der Waals surface area contributed by atoms with Gasteiger partial charge in [0, 0.05) is 10.5 Å². The number of halogens is 2. The molecule has 0 fully saturated rings. The number of aromatic nitrogens is 3. The van der Waals surface area contributed by atoms with Crippen LogP contribution in [0.3, 0.4) is 0 Å². The van der Waals surface area contributed by atoms with E-state index in [1.54, 1.807) is 19.1 Å². The van der Waals surface area contributed by atoms with E-state index in [0.717, 1.165) is 17.3 Å². The highest BCUT2D eigenvalue weighted by molar-refractivity contribution is 9.10. The minimum atomic E-state index is -0.325. The molecule has 0 aliphatic rings. The Bertz CT molecular complexity index is 922. The molecule has 7 heteroatoms. The highest BCUT2D eigenvalue weighted by atomic mass is 79.9. The maximum absolute atomic E-state index is 13.1. The van der Waals surface area contributed by atoms with E-state index in [-0.39, 0.29) is 23.6 Å². The van der Waals surface area contributed by atoms with Gasteiger partial charge in [-0.2, -0.15) is 0 Å². The van der Waals surface area contributed by atoms with Gasteiger partial charge in [0.1, 0.15) is 11.6 Å². The van der Waals surface area contributed by atoms with Crippen LogP contribution >= 0.6 is 15.9 Å². The first kappa shape index (κ1) is 19.2. The zero-order chi connectivity index (χ0) is 19.4. The van der Waals surface area contributed by atoms with Crippen LogP contribution in [0.25, 0.3) is 5.69 Å². The first-order valence-electron chi connectivity index (χ1n) is 8.67. The topological polar surface area (TPSA) is 59.8 Å². The summed E-state index contributed by atoms with van der Waals surface area (Å²) in [7, 11) is 0. The van der Waals surface area contributed by atoms with Crippen molar-refractivity contribution in [2.45, 2.75) is 32.7 Å². The summed E-state index contributed by atoms with van der Waals surface area (Å²) in [6, 6.07) is 14.0. The molecule has 1 N–H and O–H groups in total. The molecule has 1 amide bonds. The molecular weight excluding hydrogens is 411 g/mol. The predicted octanol–water partition coefficient (Wildman–Crippen LogP) is 4.23. The van der Waals surface area contributed by atoms with Crippen molar-refractivity contribution in [2.24, 2.45) is 0 Å². The van der Waals surface area contributed by atoms with Gasteiger partial charge in [-0.15, -0.1) is 5.10 Å². The molecule has 1 unspecified atom stereocenters. The number of nitrogens with zero attached hydrogens (tertiary/aromatic N) is 3. The van der Waals surface area contributed by atoms with Crippen molar-refractivity contribution in [3.05, 3.63) is 76.0 Å². The fraction of sp³-hybridized carbons (Fsp3) is 0.250. The average molecular weight is 431 g/mol. The van der Waals surface area contributed by atoms with Crippen LogP contribution in [0.15, 0.2) is 53.0 Å². The molecule has 1 heterocycles. The van der Waals surface area contributed by atoms with E-state index in [4.69, 9.17) is 0 Å². The second-order valence-corrected chi connectivity index (χ2v) is 7.33. The Kier molecular flexibility index (Phi) is 6.01. The van der Waals surface area contributed by atoms with Gasteiger partial charge >= 0.3 is 0 Å². The highest BCUT2D eigenvalue weighted by Gasteiger charge is 2.17. The maximum atomic E-state index is 13.1. The SMILES string of the molecule is Cc1nc(C(=O)NC(C)CCc2ccc(Br)cc2)nn1-c1ccc(F)cc1. The molecule has 1 atom stereocenters. The molecule has 3 rings (SSSR count). The molecule has 140 valence electrons. The second kappa shape index (κ2) is 8.43. The fourth-order valence-corrected chi connectivity index (χ4v) is 2.97. The summed E-state index contributed by atoms with van der Waals surface area (Å²) < 4.78 is 15.7. The molecular formula is C20H20BrFN4O. The van der Waals surface area contributed by atoms with Crippen molar-refractivity contribution in [1.29, 1.82) is 0 Å². The third-order valence-electron chi connectivity index (χ3n) is 4.20. The Labute approximate surface area is 165 Å². The highest BCUT2D eigenvalue weighted by Crippen LogP contribution is 2.13. The summed E-state index contributed by atoms with van der Waals surface area (Å²) in [6.07, 6.45) is 1.68. The monoisotopic (exact) mass is 430 g/mol. The van der Waals surface area contributed by atoms with Gasteiger partial charge in [0.25, 0.3) is 5.91 Å². The number of benzene rings is 2. The summed E-state index contributed by atoms with van der Waals surface area (Å²) in [5.74, 6) is 0.0259. The van der Waals surface area contributed by atoms with Crippen LogP contribution in [0, 0.1) is 12.7 Å². The number of rotatable bonds is 6. The molecule has 27 heavy (non-hydrogen) atoms. The van der Waals surface area contributed by atoms with E-state index in [9.17, 15) is 9.18 Å². The molecule has 0 saturated heterocycles. The van der Waals surface area contributed by atoms with E-state index in [0.29, 0.717) is 11.5 Å². The fourth-order valence-electron chi connectivity index (χ4n) is 2.71. The molecule has 2 aromatic carbocycles. The Morgan fingerprint density at radius 3 is 2.52 bits per heavy atom. The van der Waals surface area contributed by atoms with Crippen LogP contribution in [-0.2, 0) is 6.42 Å². The molecule has 1 aromatic heterocycles.